The molecular formula is C12H11FN4O. The number of carbonyl (C=O) groups is 1. The summed E-state index contributed by atoms with van der Waals surface area (Å²) in [7, 11) is 1.75. The van der Waals surface area contributed by atoms with Crippen molar-refractivity contribution in [1.82, 2.24) is 9.97 Å². The molecule has 18 heavy (non-hydrogen) atoms. The molecule has 0 radical (unpaired) electrons. The van der Waals surface area contributed by atoms with E-state index in [9.17, 15) is 9.18 Å². The number of anilines is 2. The summed E-state index contributed by atoms with van der Waals surface area (Å²) in [5, 5.41) is 5.44. The maximum Gasteiger partial charge on any atom is 0.275 e. The summed E-state index contributed by atoms with van der Waals surface area (Å²) in [6, 6.07) is 5.96. The fourth-order valence-corrected chi connectivity index (χ4v) is 1.34. The number of carbonyl (C=O) groups excluding carboxylic acids is 1. The Bertz CT molecular complexity index is 556. The second kappa shape index (κ2) is 5.22. The molecule has 2 heterocycles. The third kappa shape index (κ3) is 2.79. The third-order valence-corrected chi connectivity index (χ3v) is 2.25. The lowest BCUT2D eigenvalue weighted by atomic mass is 10.3. The third-order valence-electron chi connectivity index (χ3n) is 2.25. The van der Waals surface area contributed by atoms with Crippen LogP contribution < -0.4 is 10.6 Å². The van der Waals surface area contributed by atoms with Crippen LogP contribution in [0.4, 0.5) is 15.9 Å². The Morgan fingerprint density at radius 3 is 2.78 bits per heavy atom. The summed E-state index contributed by atoms with van der Waals surface area (Å²) in [6.45, 7) is 0. The summed E-state index contributed by atoms with van der Waals surface area (Å²) < 4.78 is 12.6. The maximum absolute atomic E-state index is 12.6. The predicted molar refractivity (Wildman–Crippen MR) is 65.9 cm³/mol. The number of hydrogen-bond acceptors (Lipinski definition) is 4. The molecule has 0 spiro atoms. The van der Waals surface area contributed by atoms with Gasteiger partial charge in [-0.2, -0.15) is 0 Å². The zero-order chi connectivity index (χ0) is 13.0. The first-order chi connectivity index (χ1) is 8.69. The lowest BCUT2D eigenvalue weighted by Gasteiger charge is -2.05. The predicted octanol–water partition coefficient (Wildman–Crippen LogP) is 1.91. The highest BCUT2D eigenvalue weighted by atomic mass is 19.1. The van der Waals surface area contributed by atoms with E-state index in [4.69, 9.17) is 0 Å². The molecule has 0 saturated heterocycles. The topological polar surface area (TPSA) is 66.9 Å². The van der Waals surface area contributed by atoms with Gasteiger partial charge in [0.1, 0.15) is 17.3 Å². The van der Waals surface area contributed by atoms with Crippen molar-refractivity contribution in [3.05, 3.63) is 48.2 Å². The van der Waals surface area contributed by atoms with Gasteiger partial charge in [0.05, 0.1) is 6.20 Å². The number of pyridine rings is 2. The van der Waals surface area contributed by atoms with E-state index in [0.717, 1.165) is 11.9 Å². The van der Waals surface area contributed by atoms with Crippen molar-refractivity contribution in [3.63, 3.8) is 0 Å². The molecule has 0 saturated carbocycles. The van der Waals surface area contributed by atoms with Crippen molar-refractivity contribution in [2.75, 3.05) is 17.7 Å². The van der Waals surface area contributed by atoms with Crippen molar-refractivity contribution >= 4 is 17.4 Å². The van der Waals surface area contributed by atoms with Gasteiger partial charge in [0.25, 0.3) is 5.91 Å². The second-order valence-electron chi connectivity index (χ2n) is 3.50. The van der Waals surface area contributed by atoms with Gasteiger partial charge in [0.15, 0.2) is 0 Å². The van der Waals surface area contributed by atoms with Crippen molar-refractivity contribution in [3.8, 4) is 0 Å². The molecule has 0 aliphatic heterocycles. The molecule has 0 aromatic carbocycles. The minimum absolute atomic E-state index is 0.257. The van der Waals surface area contributed by atoms with Crippen LogP contribution in [0.1, 0.15) is 10.5 Å². The normalized spacial score (nSPS) is 9.89. The van der Waals surface area contributed by atoms with Gasteiger partial charge in [0.2, 0.25) is 0 Å². The molecule has 2 N–H and O–H groups in total. The van der Waals surface area contributed by atoms with E-state index in [-0.39, 0.29) is 11.5 Å². The summed E-state index contributed by atoms with van der Waals surface area (Å²) in [5.74, 6) is -0.576. The molecular weight excluding hydrogens is 235 g/mol. The first kappa shape index (κ1) is 12.0. The van der Waals surface area contributed by atoms with Crippen molar-refractivity contribution in [1.29, 1.82) is 0 Å². The quantitative estimate of drug-likeness (QED) is 0.868. The average molecular weight is 246 g/mol. The van der Waals surface area contributed by atoms with Gasteiger partial charge in [-0.05, 0) is 24.3 Å². The number of aromatic nitrogens is 2. The van der Waals surface area contributed by atoms with E-state index in [1.807, 2.05) is 0 Å². The zero-order valence-corrected chi connectivity index (χ0v) is 9.64. The lowest BCUT2D eigenvalue weighted by Crippen LogP contribution is -2.14. The number of halogens is 1. The van der Waals surface area contributed by atoms with Crippen LogP contribution in [0.3, 0.4) is 0 Å². The van der Waals surface area contributed by atoms with Gasteiger partial charge in [-0.15, -0.1) is 0 Å². The van der Waals surface area contributed by atoms with Crippen LogP contribution in [0.2, 0.25) is 0 Å². The molecule has 2 rings (SSSR count). The number of rotatable bonds is 3. The molecule has 6 heteroatoms. The van der Waals surface area contributed by atoms with E-state index in [1.54, 1.807) is 19.2 Å². The minimum atomic E-state index is -0.455. The molecule has 0 fully saturated rings. The summed E-state index contributed by atoms with van der Waals surface area (Å²) in [4.78, 5) is 19.5. The van der Waals surface area contributed by atoms with Crippen LogP contribution in [-0.2, 0) is 0 Å². The fraction of sp³-hybridized carbons (Fsp3) is 0.0833. The molecule has 2 aromatic heterocycles. The van der Waals surface area contributed by atoms with E-state index in [0.29, 0.717) is 0 Å². The van der Waals surface area contributed by atoms with Crippen molar-refractivity contribution in [2.24, 2.45) is 0 Å². The monoisotopic (exact) mass is 246 g/mol. The van der Waals surface area contributed by atoms with E-state index in [1.165, 1.54) is 18.3 Å². The summed E-state index contributed by atoms with van der Waals surface area (Å²) in [5.41, 5.74) is 1.04. The van der Waals surface area contributed by atoms with Crippen LogP contribution >= 0.6 is 0 Å². The molecule has 0 atom stereocenters. The van der Waals surface area contributed by atoms with Crippen molar-refractivity contribution < 1.29 is 9.18 Å². The van der Waals surface area contributed by atoms with E-state index >= 15 is 0 Å². The van der Waals surface area contributed by atoms with Gasteiger partial charge >= 0.3 is 0 Å². The second-order valence-corrected chi connectivity index (χ2v) is 3.50. The standard InChI is InChI=1S/C12H11FN4O/c1-14-9-4-5-15-10(6-9)12(18)17-11-3-2-8(13)7-16-11/h2-7H,1H3,(H,14,15)(H,16,17,18). The van der Waals surface area contributed by atoms with Crippen LogP contribution in [-0.4, -0.2) is 22.9 Å². The largest absolute Gasteiger partial charge is 0.388 e. The summed E-state index contributed by atoms with van der Waals surface area (Å²) in [6.07, 6.45) is 2.56. The minimum Gasteiger partial charge on any atom is -0.388 e. The van der Waals surface area contributed by atoms with E-state index < -0.39 is 11.7 Å². The van der Waals surface area contributed by atoms with Crippen LogP contribution in [0, 0.1) is 5.82 Å². The maximum atomic E-state index is 12.6. The molecule has 0 aliphatic carbocycles. The highest BCUT2D eigenvalue weighted by molar-refractivity contribution is 6.02. The molecule has 2 aromatic rings. The Labute approximate surface area is 103 Å². The number of nitrogens with one attached hydrogen (secondary N) is 2. The molecule has 0 unspecified atom stereocenters. The number of nitrogens with zero attached hydrogens (tertiary/aromatic N) is 2. The van der Waals surface area contributed by atoms with Crippen molar-refractivity contribution in [2.45, 2.75) is 0 Å². The Morgan fingerprint density at radius 1 is 1.28 bits per heavy atom. The van der Waals surface area contributed by atoms with Crippen LogP contribution in [0.5, 0.6) is 0 Å². The Balaban J connectivity index is 2.14. The van der Waals surface area contributed by atoms with Gasteiger partial charge in [-0.1, -0.05) is 0 Å². The molecule has 5 nitrogen and oxygen atoms in total. The molecule has 0 bridgehead atoms. The Kier molecular flexibility index (Phi) is 3.47. The Hall–Kier alpha value is -2.50. The zero-order valence-electron chi connectivity index (χ0n) is 9.64. The van der Waals surface area contributed by atoms with Gasteiger partial charge in [0, 0.05) is 18.9 Å². The van der Waals surface area contributed by atoms with Gasteiger partial charge < -0.3 is 10.6 Å². The van der Waals surface area contributed by atoms with Gasteiger partial charge in [-0.3, -0.25) is 9.78 Å². The SMILES string of the molecule is CNc1ccnc(C(=O)Nc2ccc(F)cn2)c1. The smallest absolute Gasteiger partial charge is 0.275 e. The molecule has 92 valence electrons. The molecule has 0 aliphatic rings. The number of amides is 1. The van der Waals surface area contributed by atoms with E-state index in [2.05, 4.69) is 20.6 Å². The van der Waals surface area contributed by atoms with Crippen LogP contribution in [0.15, 0.2) is 36.7 Å². The Morgan fingerprint density at radius 2 is 2.11 bits per heavy atom. The highest BCUT2D eigenvalue weighted by Gasteiger charge is 2.08. The highest BCUT2D eigenvalue weighted by Crippen LogP contribution is 2.09. The fourth-order valence-electron chi connectivity index (χ4n) is 1.34. The molecule has 1 amide bonds. The summed E-state index contributed by atoms with van der Waals surface area (Å²) >= 11 is 0. The lowest BCUT2D eigenvalue weighted by molar-refractivity contribution is 0.102. The number of hydrogen-bond donors (Lipinski definition) is 2. The average Bonchev–Trinajstić information content (AvgIpc) is 2.41. The first-order valence-electron chi connectivity index (χ1n) is 5.26. The van der Waals surface area contributed by atoms with Crippen LogP contribution in [0.25, 0.3) is 0 Å². The first-order valence-corrected chi connectivity index (χ1v) is 5.26. The van der Waals surface area contributed by atoms with Gasteiger partial charge in [-0.25, -0.2) is 9.37 Å².